The zero-order chi connectivity index (χ0) is 14.6. The van der Waals surface area contributed by atoms with Crippen LogP contribution >= 0.6 is 0 Å². The molecule has 0 bridgehead atoms. The molecule has 0 saturated heterocycles. The lowest BCUT2D eigenvalue weighted by atomic mass is 10.2. The van der Waals surface area contributed by atoms with Crippen molar-refractivity contribution in [2.45, 2.75) is 31.7 Å². The first-order valence-electron chi connectivity index (χ1n) is 6.54. The van der Waals surface area contributed by atoms with Crippen molar-refractivity contribution in [1.29, 1.82) is 0 Å². The van der Waals surface area contributed by atoms with Crippen molar-refractivity contribution in [3.8, 4) is 0 Å². The molecule has 0 atom stereocenters. The van der Waals surface area contributed by atoms with Gasteiger partial charge in [-0.05, 0) is 38.5 Å². The van der Waals surface area contributed by atoms with Crippen molar-refractivity contribution in [3.63, 3.8) is 0 Å². The molecule has 6 heteroatoms. The van der Waals surface area contributed by atoms with Crippen molar-refractivity contribution < 1.29 is 8.42 Å². The van der Waals surface area contributed by atoms with Crippen LogP contribution in [0.4, 0.5) is 0 Å². The monoisotopic (exact) mass is 293 g/mol. The van der Waals surface area contributed by atoms with Crippen molar-refractivity contribution in [1.82, 2.24) is 14.5 Å². The Morgan fingerprint density at radius 2 is 1.85 bits per heavy atom. The largest absolute Gasteiger partial charge is 0.270 e. The molecule has 5 nitrogen and oxygen atoms in total. The second-order valence-electron chi connectivity index (χ2n) is 4.76. The van der Waals surface area contributed by atoms with Crippen LogP contribution in [0.2, 0.25) is 0 Å². The number of rotatable bonds is 6. The van der Waals surface area contributed by atoms with Gasteiger partial charge in [-0.25, -0.2) is 13.1 Å². The summed E-state index contributed by atoms with van der Waals surface area (Å²) in [7, 11) is -3.41. The smallest absolute Gasteiger partial charge is 0.240 e. The second-order valence-corrected chi connectivity index (χ2v) is 6.53. The molecule has 1 N–H and O–H groups in total. The van der Waals surface area contributed by atoms with Gasteiger partial charge in [0.05, 0.1) is 4.90 Å². The van der Waals surface area contributed by atoms with Gasteiger partial charge in [0.2, 0.25) is 10.0 Å². The maximum Gasteiger partial charge on any atom is 0.240 e. The summed E-state index contributed by atoms with van der Waals surface area (Å²) in [6, 6.07) is 8.75. The van der Waals surface area contributed by atoms with Gasteiger partial charge in [0, 0.05) is 25.0 Å². The average molecular weight is 293 g/mol. The average Bonchev–Trinajstić information content (AvgIpc) is 2.81. The Kier molecular flexibility index (Phi) is 4.57. The molecule has 1 heterocycles. The highest BCUT2D eigenvalue weighted by atomic mass is 32.2. The molecule has 20 heavy (non-hydrogen) atoms. The van der Waals surface area contributed by atoms with E-state index in [9.17, 15) is 8.42 Å². The van der Waals surface area contributed by atoms with Gasteiger partial charge in [0.15, 0.2) is 0 Å². The number of hydrogen-bond acceptors (Lipinski definition) is 3. The Labute approximate surface area is 119 Å². The molecule has 0 saturated carbocycles. The van der Waals surface area contributed by atoms with Gasteiger partial charge in [-0.2, -0.15) is 5.10 Å². The summed E-state index contributed by atoms with van der Waals surface area (Å²) >= 11 is 0. The molecular formula is C14H19N3O2S. The molecule has 2 aromatic rings. The minimum atomic E-state index is -3.41. The van der Waals surface area contributed by atoms with E-state index in [2.05, 4.69) is 9.82 Å². The molecular weight excluding hydrogens is 274 g/mol. The van der Waals surface area contributed by atoms with E-state index < -0.39 is 10.0 Å². The molecule has 1 aromatic carbocycles. The third kappa shape index (κ3) is 3.68. The molecule has 0 aliphatic heterocycles. The third-order valence-corrected chi connectivity index (χ3v) is 4.58. The van der Waals surface area contributed by atoms with E-state index in [0.717, 1.165) is 11.3 Å². The Balaban J connectivity index is 1.87. The van der Waals surface area contributed by atoms with Crippen LogP contribution in [0.5, 0.6) is 0 Å². The van der Waals surface area contributed by atoms with E-state index in [0.29, 0.717) is 24.4 Å². The number of sulfonamides is 1. The lowest BCUT2D eigenvalue weighted by Gasteiger charge is -2.08. The van der Waals surface area contributed by atoms with Crippen LogP contribution < -0.4 is 4.72 Å². The fraction of sp³-hybridized carbons (Fsp3) is 0.357. The molecule has 108 valence electrons. The predicted octanol–water partition coefficient (Wildman–Crippen LogP) is 1.87. The van der Waals surface area contributed by atoms with Crippen molar-refractivity contribution in [3.05, 3.63) is 47.8 Å². The Bertz CT molecular complexity index is 660. The van der Waals surface area contributed by atoms with Gasteiger partial charge in [-0.1, -0.05) is 17.7 Å². The summed E-state index contributed by atoms with van der Waals surface area (Å²) in [4.78, 5) is 0.304. The molecule has 0 fully saturated rings. The van der Waals surface area contributed by atoms with E-state index in [1.54, 1.807) is 30.5 Å². The van der Waals surface area contributed by atoms with E-state index in [1.807, 2.05) is 24.6 Å². The van der Waals surface area contributed by atoms with Crippen LogP contribution in [0, 0.1) is 13.8 Å². The standard InChI is InChI=1S/C14H19N3O2S/c1-12-4-6-14(7-5-12)20(18,19)16-9-3-11-17-13(2)8-10-15-17/h4-8,10,16H,3,9,11H2,1-2H3. The number of benzene rings is 1. The lowest BCUT2D eigenvalue weighted by molar-refractivity contribution is 0.546. The molecule has 0 amide bonds. The summed E-state index contributed by atoms with van der Waals surface area (Å²) in [6.45, 7) is 5.00. The first kappa shape index (κ1) is 14.7. The van der Waals surface area contributed by atoms with Gasteiger partial charge < -0.3 is 0 Å². The number of aryl methyl sites for hydroxylation is 3. The Hall–Kier alpha value is -1.66. The van der Waals surface area contributed by atoms with Crippen LogP contribution in [0.3, 0.4) is 0 Å². The van der Waals surface area contributed by atoms with Crippen LogP contribution in [0.25, 0.3) is 0 Å². The predicted molar refractivity (Wildman–Crippen MR) is 77.9 cm³/mol. The van der Waals surface area contributed by atoms with Crippen LogP contribution in [-0.2, 0) is 16.6 Å². The number of hydrogen-bond donors (Lipinski definition) is 1. The highest BCUT2D eigenvalue weighted by Gasteiger charge is 2.12. The lowest BCUT2D eigenvalue weighted by Crippen LogP contribution is -2.25. The SMILES string of the molecule is Cc1ccc(S(=O)(=O)NCCCn2nccc2C)cc1. The Morgan fingerprint density at radius 3 is 2.45 bits per heavy atom. The third-order valence-electron chi connectivity index (χ3n) is 3.10. The molecule has 1 aromatic heterocycles. The molecule has 0 radical (unpaired) electrons. The van der Waals surface area contributed by atoms with E-state index in [1.165, 1.54) is 0 Å². The van der Waals surface area contributed by atoms with Crippen LogP contribution in [0.15, 0.2) is 41.4 Å². The topological polar surface area (TPSA) is 64.0 Å². The maximum absolute atomic E-state index is 12.0. The van der Waals surface area contributed by atoms with Gasteiger partial charge in [0.25, 0.3) is 0 Å². The molecule has 0 spiro atoms. The van der Waals surface area contributed by atoms with Crippen molar-refractivity contribution >= 4 is 10.0 Å². The summed E-state index contributed by atoms with van der Waals surface area (Å²) in [5, 5.41) is 4.16. The fourth-order valence-electron chi connectivity index (χ4n) is 1.87. The minimum absolute atomic E-state index is 0.304. The Morgan fingerprint density at radius 1 is 1.15 bits per heavy atom. The molecule has 0 aliphatic carbocycles. The first-order chi connectivity index (χ1) is 9.49. The zero-order valence-electron chi connectivity index (χ0n) is 11.7. The van der Waals surface area contributed by atoms with E-state index >= 15 is 0 Å². The molecule has 0 unspecified atom stereocenters. The number of nitrogens with one attached hydrogen (secondary N) is 1. The highest BCUT2D eigenvalue weighted by molar-refractivity contribution is 7.89. The maximum atomic E-state index is 12.0. The highest BCUT2D eigenvalue weighted by Crippen LogP contribution is 2.09. The minimum Gasteiger partial charge on any atom is -0.270 e. The van der Waals surface area contributed by atoms with Gasteiger partial charge in [0.1, 0.15) is 0 Å². The fourth-order valence-corrected chi connectivity index (χ4v) is 2.94. The van der Waals surface area contributed by atoms with Gasteiger partial charge in [-0.3, -0.25) is 4.68 Å². The van der Waals surface area contributed by atoms with Crippen molar-refractivity contribution in [2.75, 3.05) is 6.54 Å². The summed E-state index contributed by atoms with van der Waals surface area (Å²) in [6.07, 6.45) is 2.44. The van der Waals surface area contributed by atoms with E-state index in [4.69, 9.17) is 0 Å². The van der Waals surface area contributed by atoms with Gasteiger partial charge in [-0.15, -0.1) is 0 Å². The normalized spacial score (nSPS) is 11.7. The number of nitrogens with zero attached hydrogens (tertiary/aromatic N) is 2. The van der Waals surface area contributed by atoms with E-state index in [-0.39, 0.29) is 0 Å². The first-order valence-corrected chi connectivity index (χ1v) is 8.02. The van der Waals surface area contributed by atoms with Crippen LogP contribution in [-0.4, -0.2) is 24.7 Å². The summed E-state index contributed by atoms with van der Waals surface area (Å²) in [5.41, 5.74) is 2.12. The summed E-state index contributed by atoms with van der Waals surface area (Å²) in [5.74, 6) is 0. The quantitative estimate of drug-likeness (QED) is 0.827. The molecule has 2 rings (SSSR count). The van der Waals surface area contributed by atoms with Crippen LogP contribution in [0.1, 0.15) is 17.7 Å². The second kappa shape index (κ2) is 6.19. The van der Waals surface area contributed by atoms with Gasteiger partial charge >= 0.3 is 0 Å². The zero-order valence-corrected chi connectivity index (χ0v) is 12.5. The summed E-state index contributed by atoms with van der Waals surface area (Å²) < 4.78 is 28.5. The van der Waals surface area contributed by atoms with Crippen molar-refractivity contribution in [2.24, 2.45) is 0 Å². The number of aromatic nitrogens is 2. The molecule has 0 aliphatic rings.